The van der Waals surface area contributed by atoms with Crippen LogP contribution in [0, 0.1) is 0 Å². The molecule has 108 valence electrons. The van der Waals surface area contributed by atoms with Crippen molar-refractivity contribution in [2.24, 2.45) is 5.73 Å². The van der Waals surface area contributed by atoms with E-state index < -0.39 is 11.9 Å². The van der Waals surface area contributed by atoms with Gasteiger partial charge in [-0.1, -0.05) is 18.2 Å². The van der Waals surface area contributed by atoms with E-state index >= 15 is 0 Å². The molecule has 2 rings (SSSR count). The largest absolute Gasteiger partial charge is 0.457 e. The van der Waals surface area contributed by atoms with Gasteiger partial charge >= 0.3 is 6.03 Å². The number of hydrogen-bond donors (Lipinski definition) is 3. The maximum absolute atomic E-state index is 11.4. The monoisotopic (exact) mass is 285 g/mol. The van der Waals surface area contributed by atoms with E-state index in [0.29, 0.717) is 11.4 Å². The van der Waals surface area contributed by atoms with E-state index in [9.17, 15) is 9.59 Å². The van der Waals surface area contributed by atoms with Crippen molar-refractivity contribution in [3.8, 4) is 11.5 Å². The summed E-state index contributed by atoms with van der Waals surface area (Å²) >= 11 is 0. The van der Waals surface area contributed by atoms with Gasteiger partial charge in [0, 0.05) is 5.69 Å². The molecule has 0 radical (unpaired) electrons. The third-order valence-electron chi connectivity index (χ3n) is 2.51. The molecule has 0 aliphatic carbocycles. The van der Waals surface area contributed by atoms with Crippen molar-refractivity contribution in [1.82, 2.24) is 5.32 Å². The van der Waals surface area contributed by atoms with Gasteiger partial charge in [-0.15, -0.1) is 0 Å². The van der Waals surface area contributed by atoms with Crippen LogP contribution in [0.1, 0.15) is 0 Å². The number of benzene rings is 2. The van der Waals surface area contributed by atoms with Gasteiger partial charge in [0.25, 0.3) is 0 Å². The summed E-state index contributed by atoms with van der Waals surface area (Å²) in [4.78, 5) is 22.0. The lowest BCUT2D eigenvalue weighted by Gasteiger charge is -2.08. The number of primary amides is 1. The van der Waals surface area contributed by atoms with E-state index in [0.717, 1.165) is 5.75 Å². The fourth-order valence-corrected chi connectivity index (χ4v) is 1.57. The summed E-state index contributed by atoms with van der Waals surface area (Å²) in [7, 11) is 0. The van der Waals surface area contributed by atoms with Crippen LogP contribution in [0.3, 0.4) is 0 Å². The Morgan fingerprint density at radius 2 is 1.57 bits per heavy atom. The highest BCUT2D eigenvalue weighted by Gasteiger charge is 2.03. The van der Waals surface area contributed by atoms with Gasteiger partial charge in [-0.2, -0.15) is 0 Å². The van der Waals surface area contributed by atoms with E-state index in [1.807, 2.05) is 30.3 Å². The van der Waals surface area contributed by atoms with Crippen molar-refractivity contribution in [3.05, 3.63) is 54.6 Å². The van der Waals surface area contributed by atoms with Crippen LogP contribution < -0.4 is 21.1 Å². The Bertz CT molecular complexity index is 612. The number of nitrogens with one attached hydrogen (secondary N) is 2. The molecule has 0 bridgehead atoms. The fourth-order valence-electron chi connectivity index (χ4n) is 1.57. The number of carbonyl (C=O) groups is 2. The van der Waals surface area contributed by atoms with Crippen molar-refractivity contribution in [2.45, 2.75) is 0 Å². The number of rotatable bonds is 5. The van der Waals surface area contributed by atoms with E-state index in [1.165, 1.54) is 0 Å². The zero-order valence-corrected chi connectivity index (χ0v) is 11.2. The van der Waals surface area contributed by atoms with Crippen molar-refractivity contribution in [2.75, 3.05) is 11.9 Å². The number of amides is 3. The number of ether oxygens (including phenoxy) is 1. The topological polar surface area (TPSA) is 93.5 Å². The van der Waals surface area contributed by atoms with E-state index in [-0.39, 0.29) is 6.54 Å². The van der Waals surface area contributed by atoms with Gasteiger partial charge in [-0.25, -0.2) is 4.79 Å². The van der Waals surface area contributed by atoms with Crippen LogP contribution in [0.2, 0.25) is 0 Å². The molecule has 6 nitrogen and oxygen atoms in total. The molecule has 2 aromatic rings. The van der Waals surface area contributed by atoms with Gasteiger partial charge in [0.05, 0.1) is 6.54 Å². The molecule has 0 aliphatic heterocycles. The molecule has 0 heterocycles. The average Bonchev–Trinajstić information content (AvgIpc) is 2.48. The minimum absolute atomic E-state index is 0.207. The van der Waals surface area contributed by atoms with Crippen molar-refractivity contribution in [3.63, 3.8) is 0 Å². The van der Waals surface area contributed by atoms with E-state index in [4.69, 9.17) is 10.5 Å². The van der Waals surface area contributed by atoms with Crippen LogP contribution in [0.15, 0.2) is 54.6 Å². The molecule has 0 atom stereocenters. The summed E-state index contributed by atoms with van der Waals surface area (Å²) in [5.41, 5.74) is 5.51. The minimum atomic E-state index is -0.600. The molecule has 0 saturated heterocycles. The molecule has 0 spiro atoms. The van der Waals surface area contributed by atoms with E-state index in [2.05, 4.69) is 10.6 Å². The van der Waals surface area contributed by atoms with E-state index in [1.54, 1.807) is 24.3 Å². The molecule has 0 fully saturated rings. The second kappa shape index (κ2) is 6.95. The molecule has 0 saturated carbocycles. The summed E-state index contributed by atoms with van der Waals surface area (Å²) in [6.07, 6.45) is 0. The third kappa shape index (κ3) is 4.87. The number of carbonyl (C=O) groups excluding carboxylic acids is 2. The maximum Gasteiger partial charge on any atom is 0.319 e. The van der Waals surface area contributed by atoms with Gasteiger partial charge in [-0.05, 0) is 36.4 Å². The Balaban J connectivity index is 1.90. The van der Waals surface area contributed by atoms with Crippen molar-refractivity contribution >= 4 is 17.6 Å². The Kier molecular flexibility index (Phi) is 4.76. The molecule has 0 aliphatic rings. The second-order valence-corrected chi connectivity index (χ2v) is 4.21. The molecule has 4 N–H and O–H groups in total. The number of hydrogen-bond acceptors (Lipinski definition) is 3. The predicted octanol–water partition coefficient (Wildman–Crippen LogP) is 2.09. The number of para-hydroxylation sites is 1. The summed E-state index contributed by atoms with van der Waals surface area (Å²) in [6, 6.07) is 15.7. The standard InChI is InChI=1S/C15H15N3O3/c16-14(19)10-17-15(20)18-11-6-8-13(9-7-11)21-12-4-2-1-3-5-12/h1-9H,10H2,(H2,16,19)(H2,17,18,20). The highest BCUT2D eigenvalue weighted by molar-refractivity contribution is 5.91. The Hall–Kier alpha value is -3.02. The summed E-state index contributed by atoms with van der Waals surface area (Å²) in [5.74, 6) is 0.790. The molecule has 0 aromatic heterocycles. The summed E-state index contributed by atoms with van der Waals surface area (Å²) < 4.78 is 5.63. The summed E-state index contributed by atoms with van der Waals surface area (Å²) in [6.45, 7) is -0.207. The van der Waals surface area contributed by atoms with Crippen LogP contribution in [-0.4, -0.2) is 18.5 Å². The third-order valence-corrected chi connectivity index (χ3v) is 2.51. The van der Waals surface area contributed by atoms with Gasteiger partial charge in [0.2, 0.25) is 5.91 Å². The first-order chi connectivity index (χ1) is 10.1. The minimum Gasteiger partial charge on any atom is -0.457 e. The molecular formula is C15H15N3O3. The normalized spacial score (nSPS) is 9.71. The highest BCUT2D eigenvalue weighted by atomic mass is 16.5. The number of anilines is 1. The average molecular weight is 285 g/mol. The lowest BCUT2D eigenvalue weighted by atomic mass is 10.3. The smallest absolute Gasteiger partial charge is 0.319 e. The Morgan fingerprint density at radius 1 is 0.952 bits per heavy atom. The van der Waals surface area contributed by atoms with Gasteiger partial charge in [0.15, 0.2) is 0 Å². The molecule has 21 heavy (non-hydrogen) atoms. The Labute approximate surface area is 121 Å². The zero-order valence-electron chi connectivity index (χ0n) is 11.2. The highest BCUT2D eigenvalue weighted by Crippen LogP contribution is 2.22. The van der Waals surface area contributed by atoms with Crippen LogP contribution in [0.5, 0.6) is 11.5 Å². The molecule has 0 unspecified atom stereocenters. The molecule has 3 amide bonds. The number of urea groups is 1. The second-order valence-electron chi connectivity index (χ2n) is 4.21. The van der Waals surface area contributed by atoms with Gasteiger partial charge in [-0.3, -0.25) is 4.79 Å². The predicted molar refractivity (Wildman–Crippen MR) is 79.2 cm³/mol. The quantitative estimate of drug-likeness (QED) is 0.785. The first-order valence-corrected chi connectivity index (χ1v) is 6.29. The van der Waals surface area contributed by atoms with Gasteiger partial charge in [0.1, 0.15) is 11.5 Å². The van der Waals surface area contributed by atoms with Gasteiger partial charge < -0.3 is 21.1 Å². The Morgan fingerprint density at radius 3 is 2.19 bits per heavy atom. The molecule has 2 aromatic carbocycles. The summed E-state index contributed by atoms with van der Waals surface area (Å²) in [5, 5.41) is 4.90. The lowest BCUT2D eigenvalue weighted by Crippen LogP contribution is -2.36. The number of nitrogens with two attached hydrogens (primary N) is 1. The first kappa shape index (κ1) is 14.4. The van der Waals surface area contributed by atoms with Crippen LogP contribution in [0.25, 0.3) is 0 Å². The molecule has 6 heteroatoms. The van der Waals surface area contributed by atoms with Crippen molar-refractivity contribution < 1.29 is 14.3 Å². The SMILES string of the molecule is NC(=O)CNC(=O)Nc1ccc(Oc2ccccc2)cc1. The van der Waals surface area contributed by atoms with Crippen molar-refractivity contribution in [1.29, 1.82) is 0 Å². The van der Waals surface area contributed by atoms with Crippen LogP contribution in [0.4, 0.5) is 10.5 Å². The fraction of sp³-hybridized carbons (Fsp3) is 0.0667. The van der Waals surface area contributed by atoms with Crippen LogP contribution >= 0.6 is 0 Å². The molecular weight excluding hydrogens is 270 g/mol. The lowest BCUT2D eigenvalue weighted by molar-refractivity contribution is -0.117. The van der Waals surface area contributed by atoms with Crippen LogP contribution in [-0.2, 0) is 4.79 Å². The maximum atomic E-state index is 11.4. The zero-order chi connectivity index (χ0) is 15.1. The first-order valence-electron chi connectivity index (χ1n) is 6.29.